The number of benzene rings is 2. The van der Waals surface area contributed by atoms with Crippen LogP contribution < -0.4 is 5.32 Å². The van der Waals surface area contributed by atoms with E-state index in [1.54, 1.807) is 17.8 Å². The quantitative estimate of drug-likeness (QED) is 0.773. The number of amides is 1. The molecule has 0 atom stereocenters. The molecule has 0 saturated carbocycles. The fourth-order valence-electron chi connectivity index (χ4n) is 1.77. The molecule has 5 heteroatoms. The normalized spacial score (nSPS) is 10.4. The molecule has 0 aliphatic carbocycles. The van der Waals surface area contributed by atoms with Crippen LogP contribution in [-0.2, 0) is 5.75 Å². The molecule has 0 fully saturated rings. The third-order valence-electron chi connectivity index (χ3n) is 2.82. The van der Waals surface area contributed by atoms with Crippen molar-refractivity contribution >= 4 is 33.6 Å². The summed E-state index contributed by atoms with van der Waals surface area (Å²) in [5.41, 5.74) is 1.32. The minimum Gasteiger partial charge on any atom is -0.351 e. The predicted octanol–water partition coefficient (Wildman–Crippen LogP) is 4.25. The molecule has 2 aromatic carbocycles. The lowest BCUT2D eigenvalue weighted by molar-refractivity contribution is 0.0952. The van der Waals surface area contributed by atoms with Crippen molar-refractivity contribution in [3.8, 4) is 0 Å². The number of nitrogens with one attached hydrogen (secondary N) is 1. The van der Waals surface area contributed by atoms with Gasteiger partial charge in [-0.15, -0.1) is 0 Å². The fraction of sp³-hybridized carbons (Fsp3) is 0.188. The van der Waals surface area contributed by atoms with E-state index in [1.807, 2.05) is 18.2 Å². The largest absolute Gasteiger partial charge is 0.351 e. The molecule has 0 aliphatic rings. The first-order valence-corrected chi connectivity index (χ1v) is 8.46. The topological polar surface area (TPSA) is 29.1 Å². The number of halogens is 2. The number of carbonyl (C=O) groups excluding carboxylic acids is 1. The summed E-state index contributed by atoms with van der Waals surface area (Å²) in [6, 6.07) is 14.5. The number of thioether (sulfide) groups is 1. The first kappa shape index (κ1) is 16.0. The molecule has 1 N–H and O–H groups in total. The Hall–Kier alpha value is -1.33. The Balaban J connectivity index is 1.73. The summed E-state index contributed by atoms with van der Waals surface area (Å²) in [5.74, 6) is 0.805. The van der Waals surface area contributed by atoms with Gasteiger partial charge in [-0.05, 0) is 23.8 Å². The Morgan fingerprint density at radius 1 is 1.19 bits per heavy atom. The average molecular weight is 368 g/mol. The lowest BCUT2D eigenvalue weighted by Crippen LogP contribution is -2.26. The summed E-state index contributed by atoms with van der Waals surface area (Å²) in [6.07, 6.45) is 0. The zero-order valence-corrected chi connectivity index (χ0v) is 13.7. The van der Waals surface area contributed by atoms with Crippen LogP contribution in [0.25, 0.3) is 0 Å². The molecule has 0 aliphatic heterocycles. The van der Waals surface area contributed by atoms with E-state index in [0.717, 1.165) is 11.5 Å². The van der Waals surface area contributed by atoms with Crippen LogP contribution in [0.15, 0.2) is 53.0 Å². The molecule has 1 amide bonds. The predicted molar refractivity (Wildman–Crippen MR) is 89.0 cm³/mol. The van der Waals surface area contributed by atoms with Crippen LogP contribution in [0.2, 0.25) is 0 Å². The molecule has 2 aromatic rings. The van der Waals surface area contributed by atoms with Crippen molar-refractivity contribution in [2.45, 2.75) is 5.75 Å². The van der Waals surface area contributed by atoms with Gasteiger partial charge in [0.15, 0.2) is 0 Å². The molecule has 0 radical (unpaired) electrons. The minimum atomic E-state index is -0.507. The van der Waals surface area contributed by atoms with Gasteiger partial charge in [-0.3, -0.25) is 4.79 Å². The SMILES string of the molecule is O=C(NCCSCc1ccccc1)c1cc(Br)ccc1F. The van der Waals surface area contributed by atoms with Crippen LogP contribution >= 0.6 is 27.7 Å². The zero-order valence-electron chi connectivity index (χ0n) is 11.3. The Morgan fingerprint density at radius 2 is 1.95 bits per heavy atom. The van der Waals surface area contributed by atoms with Gasteiger partial charge in [-0.2, -0.15) is 11.8 Å². The first-order valence-electron chi connectivity index (χ1n) is 6.52. The molecular weight excluding hydrogens is 353 g/mol. The van der Waals surface area contributed by atoms with Crippen LogP contribution in [0.1, 0.15) is 15.9 Å². The van der Waals surface area contributed by atoms with Gasteiger partial charge >= 0.3 is 0 Å². The van der Waals surface area contributed by atoms with Gasteiger partial charge in [0.05, 0.1) is 5.56 Å². The van der Waals surface area contributed by atoms with E-state index >= 15 is 0 Å². The van der Waals surface area contributed by atoms with Gasteiger partial charge < -0.3 is 5.32 Å². The molecule has 2 nitrogen and oxygen atoms in total. The maximum Gasteiger partial charge on any atom is 0.254 e. The van der Waals surface area contributed by atoms with E-state index in [1.165, 1.54) is 17.7 Å². The maximum absolute atomic E-state index is 13.5. The monoisotopic (exact) mass is 367 g/mol. The number of hydrogen-bond donors (Lipinski definition) is 1. The highest BCUT2D eigenvalue weighted by Crippen LogP contribution is 2.15. The van der Waals surface area contributed by atoms with Crippen LogP contribution in [0.4, 0.5) is 4.39 Å². The lowest BCUT2D eigenvalue weighted by Gasteiger charge is -2.06. The van der Waals surface area contributed by atoms with Crippen molar-refractivity contribution in [1.82, 2.24) is 5.32 Å². The van der Waals surface area contributed by atoms with Crippen LogP contribution in [0.3, 0.4) is 0 Å². The second-order valence-corrected chi connectivity index (χ2v) is 6.44. The molecule has 0 saturated heterocycles. The van der Waals surface area contributed by atoms with Crippen molar-refractivity contribution in [2.75, 3.05) is 12.3 Å². The summed E-state index contributed by atoms with van der Waals surface area (Å²) < 4.78 is 14.2. The molecule has 0 spiro atoms. The van der Waals surface area contributed by atoms with Crippen molar-refractivity contribution < 1.29 is 9.18 Å². The second-order valence-electron chi connectivity index (χ2n) is 4.42. The van der Waals surface area contributed by atoms with Gasteiger partial charge in [-0.25, -0.2) is 4.39 Å². The van der Waals surface area contributed by atoms with Crippen molar-refractivity contribution in [1.29, 1.82) is 0 Å². The highest BCUT2D eigenvalue weighted by Gasteiger charge is 2.11. The molecule has 21 heavy (non-hydrogen) atoms. The molecule has 110 valence electrons. The third kappa shape index (κ3) is 5.17. The van der Waals surface area contributed by atoms with E-state index in [-0.39, 0.29) is 11.5 Å². The summed E-state index contributed by atoms with van der Waals surface area (Å²) in [4.78, 5) is 11.9. The number of rotatable bonds is 6. The van der Waals surface area contributed by atoms with Crippen molar-refractivity contribution in [3.05, 3.63) is 69.9 Å². The van der Waals surface area contributed by atoms with Gasteiger partial charge in [0, 0.05) is 22.5 Å². The van der Waals surface area contributed by atoms with Gasteiger partial charge in [0.25, 0.3) is 5.91 Å². The standard InChI is InChI=1S/C16H15BrFNOS/c17-13-6-7-15(18)14(10-13)16(20)19-8-9-21-11-12-4-2-1-3-5-12/h1-7,10H,8-9,11H2,(H,19,20). The smallest absolute Gasteiger partial charge is 0.254 e. The highest BCUT2D eigenvalue weighted by atomic mass is 79.9. The molecule has 2 rings (SSSR count). The van der Waals surface area contributed by atoms with Crippen molar-refractivity contribution in [2.24, 2.45) is 0 Å². The molecule has 0 bridgehead atoms. The third-order valence-corrected chi connectivity index (χ3v) is 4.34. The van der Waals surface area contributed by atoms with E-state index in [0.29, 0.717) is 11.0 Å². The van der Waals surface area contributed by atoms with Crippen molar-refractivity contribution in [3.63, 3.8) is 0 Å². The first-order chi connectivity index (χ1) is 10.2. The number of hydrogen-bond acceptors (Lipinski definition) is 2. The number of carbonyl (C=O) groups is 1. The van der Waals surface area contributed by atoms with Crippen LogP contribution in [0.5, 0.6) is 0 Å². The highest BCUT2D eigenvalue weighted by molar-refractivity contribution is 9.10. The van der Waals surface area contributed by atoms with E-state index in [9.17, 15) is 9.18 Å². The Morgan fingerprint density at radius 3 is 2.71 bits per heavy atom. The van der Waals surface area contributed by atoms with Crippen LogP contribution in [-0.4, -0.2) is 18.2 Å². The average Bonchev–Trinajstić information content (AvgIpc) is 2.50. The Labute approximate surface area is 136 Å². The fourth-order valence-corrected chi connectivity index (χ4v) is 2.95. The zero-order chi connectivity index (χ0) is 15.1. The van der Waals surface area contributed by atoms with E-state index in [2.05, 4.69) is 33.4 Å². The molecule has 0 unspecified atom stereocenters. The molecule has 0 heterocycles. The van der Waals surface area contributed by atoms with E-state index in [4.69, 9.17) is 0 Å². The lowest BCUT2D eigenvalue weighted by atomic mass is 10.2. The van der Waals surface area contributed by atoms with E-state index < -0.39 is 5.82 Å². The Kier molecular flexibility index (Phi) is 6.26. The van der Waals surface area contributed by atoms with Crippen LogP contribution in [0, 0.1) is 5.82 Å². The summed E-state index contributed by atoms with van der Waals surface area (Å²) >= 11 is 4.97. The molecule has 0 aromatic heterocycles. The maximum atomic E-state index is 13.5. The summed E-state index contributed by atoms with van der Waals surface area (Å²) in [7, 11) is 0. The van der Waals surface area contributed by atoms with Gasteiger partial charge in [-0.1, -0.05) is 46.3 Å². The molecular formula is C16H15BrFNOS. The minimum absolute atomic E-state index is 0.0671. The van der Waals surface area contributed by atoms with Gasteiger partial charge in [0.2, 0.25) is 0 Å². The Bertz CT molecular complexity index is 606. The van der Waals surface area contributed by atoms with Gasteiger partial charge in [0.1, 0.15) is 5.82 Å². The summed E-state index contributed by atoms with van der Waals surface area (Å²) in [6.45, 7) is 0.516. The second kappa shape index (κ2) is 8.20. The summed E-state index contributed by atoms with van der Waals surface area (Å²) in [5, 5.41) is 2.73.